The van der Waals surface area contributed by atoms with Crippen LogP contribution in [0.4, 0.5) is 0 Å². The molecule has 0 radical (unpaired) electrons. The largest absolute Gasteiger partial charge is 0.448 e. The first kappa shape index (κ1) is 17.7. The number of sulfonamides is 1. The Labute approximate surface area is 125 Å². The minimum atomic E-state index is -3.68. The Hall–Kier alpha value is -1.38. The molecule has 1 amide bonds. The third kappa shape index (κ3) is 4.29. The van der Waals surface area contributed by atoms with Crippen molar-refractivity contribution in [3.05, 3.63) is 17.4 Å². The molecule has 1 heterocycles. The summed E-state index contributed by atoms with van der Waals surface area (Å²) in [6.07, 6.45) is 0. The van der Waals surface area contributed by atoms with Gasteiger partial charge in [-0.3, -0.25) is 4.79 Å². The highest BCUT2D eigenvalue weighted by atomic mass is 32.2. The first-order valence-corrected chi connectivity index (χ1v) is 8.18. The number of amides is 1. The summed E-state index contributed by atoms with van der Waals surface area (Å²) in [6.45, 7) is 6.77. The van der Waals surface area contributed by atoms with Gasteiger partial charge in [-0.05, 0) is 20.4 Å². The van der Waals surface area contributed by atoms with Gasteiger partial charge in [0, 0.05) is 32.7 Å². The molecular weight excluding hydrogens is 294 g/mol. The van der Waals surface area contributed by atoms with E-state index in [9.17, 15) is 13.2 Å². The zero-order chi connectivity index (χ0) is 16.2. The molecule has 0 aliphatic heterocycles. The van der Waals surface area contributed by atoms with Crippen molar-refractivity contribution < 1.29 is 17.6 Å². The van der Waals surface area contributed by atoms with Gasteiger partial charge in [-0.15, -0.1) is 0 Å². The van der Waals surface area contributed by atoms with E-state index in [-0.39, 0.29) is 28.4 Å². The van der Waals surface area contributed by atoms with E-state index < -0.39 is 10.0 Å². The standard InChI is InChI=1S/C13H23N3O4S/c1-6-14-9(2)8-15-13(17)11-7-12(20-10(11)3)21(18,19)16(4)5/h7,9,14H,6,8H2,1-5H3,(H,15,17)/t9-/m1/s1. The zero-order valence-electron chi connectivity index (χ0n) is 13.1. The number of nitrogens with one attached hydrogen (secondary N) is 2. The fourth-order valence-corrected chi connectivity index (χ4v) is 2.61. The normalized spacial score (nSPS) is 13.4. The summed E-state index contributed by atoms with van der Waals surface area (Å²) < 4.78 is 30.2. The van der Waals surface area contributed by atoms with Crippen molar-refractivity contribution in [3.8, 4) is 0 Å². The molecule has 0 spiro atoms. The van der Waals surface area contributed by atoms with E-state index in [1.165, 1.54) is 20.2 Å². The Morgan fingerprint density at radius 1 is 1.43 bits per heavy atom. The van der Waals surface area contributed by atoms with Crippen LogP contribution in [0.25, 0.3) is 0 Å². The molecule has 0 aliphatic rings. The molecule has 1 rings (SSSR count). The molecule has 0 saturated carbocycles. The summed E-state index contributed by atoms with van der Waals surface area (Å²) in [5.74, 6) is -0.0646. The van der Waals surface area contributed by atoms with E-state index in [0.29, 0.717) is 6.54 Å². The molecular formula is C13H23N3O4S. The van der Waals surface area contributed by atoms with Crippen molar-refractivity contribution in [2.24, 2.45) is 0 Å². The van der Waals surface area contributed by atoms with Crippen LogP contribution >= 0.6 is 0 Å². The summed E-state index contributed by atoms with van der Waals surface area (Å²) in [5, 5.41) is 5.69. The molecule has 0 unspecified atom stereocenters. The van der Waals surface area contributed by atoms with E-state index >= 15 is 0 Å². The second kappa shape index (κ2) is 7.06. The number of hydrogen-bond acceptors (Lipinski definition) is 5. The Kier molecular flexibility index (Phi) is 5.94. The summed E-state index contributed by atoms with van der Waals surface area (Å²) in [6, 6.07) is 1.40. The molecule has 1 aromatic heterocycles. The molecule has 21 heavy (non-hydrogen) atoms. The molecule has 2 N–H and O–H groups in total. The van der Waals surface area contributed by atoms with Crippen molar-refractivity contribution >= 4 is 15.9 Å². The highest BCUT2D eigenvalue weighted by Gasteiger charge is 2.25. The van der Waals surface area contributed by atoms with Crippen LogP contribution in [-0.4, -0.2) is 51.9 Å². The number of carbonyl (C=O) groups excluding carboxylic acids is 1. The lowest BCUT2D eigenvalue weighted by Crippen LogP contribution is -2.38. The number of hydrogen-bond donors (Lipinski definition) is 2. The third-order valence-corrected chi connectivity index (χ3v) is 4.67. The monoisotopic (exact) mass is 317 g/mol. The van der Waals surface area contributed by atoms with Crippen molar-refractivity contribution in [1.82, 2.24) is 14.9 Å². The van der Waals surface area contributed by atoms with Gasteiger partial charge >= 0.3 is 0 Å². The molecule has 0 saturated heterocycles. The summed E-state index contributed by atoms with van der Waals surface area (Å²) >= 11 is 0. The summed E-state index contributed by atoms with van der Waals surface area (Å²) in [4.78, 5) is 12.1. The van der Waals surface area contributed by atoms with Crippen molar-refractivity contribution in [2.75, 3.05) is 27.2 Å². The molecule has 120 valence electrons. The second-order valence-electron chi connectivity index (χ2n) is 4.99. The van der Waals surface area contributed by atoms with E-state index in [4.69, 9.17) is 4.42 Å². The van der Waals surface area contributed by atoms with E-state index in [1.54, 1.807) is 6.92 Å². The van der Waals surface area contributed by atoms with Gasteiger partial charge in [-0.2, -0.15) is 0 Å². The van der Waals surface area contributed by atoms with Crippen LogP contribution in [0.2, 0.25) is 0 Å². The molecule has 7 nitrogen and oxygen atoms in total. The Bertz CT molecular complexity index is 593. The van der Waals surface area contributed by atoms with Gasteiger partial charge in [0.1, 0.15) is 5.76 Å². The van der Waals surface area contributed by atoms with Gasteiger partial charge in [0.15, 0.2) is 0 Å². The van der Waals surface area contributed by atoms with Crippen LogP contribution < -0.4 is 10.6 Å². The molecule has 0 bridgehead atoms. The van der Waals surface area contributed by atoms with E-state index in [2.05, 4.69) is 10.6 Å². The predicted octanol–water partition coefficient (Wildman–Crippen LogP) is 0.566. The molecule has 8 heteroatoms. The number of nitrogens with zero attached hydrogens (tertiary/aromatic N) is 1. The van der Waals surface area contributed by atoms with Crippen LogP contribution in [0.1, 0.15) is 30.0 Å². The maximum absolute atomic E-state index is 12.1. The lowest BCUT2D eigenvalue weighted by Gasteiger charge is -2.12. The van der Waals surface area contributed by atoms with Gasteiger partial charge in [0.2, 0.25) is 5.09 Å². The Morgan fingerprint density at radius 3 is 2.57 bits per heavy atom. The average Bonchev–Trinajstić information content (AvgIpc) is 2.79. The number of rotatable bonds is 7. The van der Waals surface area contributed by atoms with Gasteiger partial charge in [-0.1, -0.05) is 6.92 Å². The molecule has 1 atom stereocenters. The summed E-state index contributed by atoms with van der Waals surface area (Å²) in [5.41, 5.74) is 0.235. The Morgan fingerprint density at radius 2 is 2.05 bits per heavy atom. The van der Waals surface area contributed by atoms with Crippen LogP contribution in [0.15, 0.2) is 15.6 Å². The first-order valence-electron chi connectivity index (χ1n) is 6.74. The number of aryl methyl sites for hydroxylation is 1. The fraction of sp³-hybridized carbons (Fsp3) is 0.615. The minimum absolute atomic E-state index is 0.135. The lowest BCUT2D eigenvalue weighted by molar-refractivity contribution is 0.0948. The van der Waals surface area contributed by atoms with Gasteiger partial charge in [0.25, 0.3) is 15.9 Å². The number of carbonyl (C=O) groups is 1. The quantitative estimate of drug-likeness (QED) is 0.767. The minimum Gasteiger partial charge on any atom is -0.448 e. The fourth-order valence-electron chi connectivity index (χ4n) is 1.75. The smallest absolute Gasteiger partial charge is 0.275 e. The Balaban J connectivity index is 2.86. The summed E-state index contributed by atoms with van der Waals surface area (Å²) in [7, 11) is -0.862. The van der Waals surface area contributed by atoms with Gasteiger partial charge in [-0.25, -0.2) is 12.7 Å². The second-order valence-corrected chi connectivity index (χ2v) is 7.07. The van der Waals surface area contributed by atoms with Crippen LogP contribution in [0.5, 0.6) is 0 Å². The molecule has 0 fully saturated rings. The first-order chi connectivity index (χ1) is 9.70. The van der Waals surface area contributed by atoms with Crippen LogP contribution in [-0.2, 0) is 10.0 Å². The highest BCUT2D eigenvalue weighted by molar-refractivity contribution is 7.88. The topological polar surface area (TPSA) is 91.6 Å². The van der Waals surface area contributed by atoms with E-state index in [0.717, 1.165) is 10.8 Å². The predicted molar refractivity (Wildman–Crippen MR) is 79.8 cm³/mol. The highest BCUT2D eigenvalue weighted by Crippen LogP contribution is 2.21. The van der Waals surface area contributed by atoms with E-state index in [1.807, 2.05) is 13.8 Å². The molecule has 0 aliphatic carbocycles. The molecule has 0 aromatic carbocycles. The van der Waals surface area contributed by atoms with Crippen LogP contribution in [0, 0.1) is 6.92 Å². The van der Waals surface area contributed by atoms with Gasteiger partial charge < -0.3 is 15.1 Å². The SMILES string of the molecule is CCN[C@H](C)CNC(=O)c1cc(S(=O)(=O)N(C)C)oc1C. The number of likely N-dealkylation sites (N-methyl/N-ethyl adjacent to an activating group) is 1. The maximum Gasteiger partial charge on any atom is 0.275 e. The number of furan rings is 1. The van der Waals surface area contributed by atoms with Crippen molar-refractivity contribution in [3.63, 3.8) is 0 Å². The zero-order valence-corrected chi connectivity index (χ0v) is 13.9. The van der Waals surface area contributed by atoms with Crippen molar-refractivity contribution in [2.45, 2.75) is 31.9 Å². The maximum atomic E-state index is 12.1. The molecule has 1 aromatic rings. The van der Waals surface area contributed by atoms with Gasteiger partial charge in [0.05, 0.1) is 5.56 Å². The average molecular weight is 317 g/mol. The van der Waals surface area contributed by atoms with Crippen molar-refractivity contribution in [1.29, 1.82) is 0 Å². The third-order valence-electron chi connectivity index (χ3n) is 3.00. The van der Waals surface area contributed by atoms with Crippen LogP contribution in [0.3, 0.4) is 0 Å². The lowest BCUT2D eigenvalue weighted by atomic mass is 10.2.